The Labute approximate surface area is 143 Å². The van der Waals surface area contributed by atoms with Gasteiger partial charge in [-0.2, -0.15) is 0 Å². The van der Waals surface area contributed by atoms with Gasteiger partial charge in [0.05, 0.1) is 23.6 Å². The van der Waals surface area contributed by atoms with Gasteiger partial charge in [0.25, 0.3) is 9.70 Å². The van der Waals surface area contributed by atoms with E-state index < -0.39 is 31.6 Å². The fourth-order valence-electron chi connectivity index (χ4n) is 2.08. The van der Waals surface area contributed by atoms with E-state index in [1.807, 2.05) is 30.3 Å². The van der Waals surface area contributed by atoms with Crippen LogP contribution in [0.25, 0.3) is 0 Å². The van der Waals surface area contributed by atoms with E-state index in [2.05, 4.69) is 10.3 Å². The summed E-state index contributed by atoms with van der Waals surface area (Å²) in [6.45, 7) is 0. The number of hydrogen-bond acceptors (Lipinski definition) is 4. The predicted octanol–water partition coefficient (Wildman–Crippen LogP) is 1.76. The highest BCUT2D eigenvalue weighted by Crippen LogP contribution is 2.27. The summed E-state index contributed by atoms with van der Waals surface area (Å²) in [5.41, 5.74) is 0.832. The van der Waals surface area contributed by atoms with Crippen molar-refractivity contribution in [1.29, 1.82) is 0 Å². The third-order valence-electron chi connectivity index (χ3n) is 3.11. The summed E-state index contributed by atoms with van der Waals surface area (Å²) in [4.78, 5) is 16.0. The molecule has 0 bridgehead atoms. The third kappa shape index (κ3) is 4.84. The second-order valence-electron chi connectivity index (χ2n) is 4.91. The van der Waals surface area contributed by atoms with Crippen molar-refractivity contribution in [3.8, 4) is 0 Å². The lowest BCUT2D eigenvalue weighted by atomic mass is 10.1. The van der Waals surface area contributed by atoms with Crippen molar-refractivity contribution in [3.05, 3.63) is 35.9 Å². The Morgan fingerprint density at radius 3 is 2.45 bits per heavy atom. The molecule has 2 rings (SSSR count). The molecule has 1 N–H and O–H groups in total. The Hall–Kier alpha value is -0.820. The molecule has 1 aliphatic rings. The maximum atomic E-state index is 11.8. The molecule has 1 aliphatic heterocycles. The van der Waals surface area contributed by atoms with Gasteiger partial charge in [0, 0.05) is 6.21 Å². The van der Waals surface area contributed by atoms with Gasteiger partial charge >= 0.3 is 0 Å². The van der Waals surface area contributed by atoms with Crippen LogP contribution < -0.4 is 5.32 Å². The van der Waals surface area contributed by atoms with E-state index >= 15 is 0 Å². The molecule has 0 unspecified atom stereocenters. The standard InChI is InChI=1S/C13H13Cl3N2O3S/c14-13(15,16)12(19)18-11-8-22(20,21)7-10(11)17-6-9-4-2-1-3-5-9/h1-6,10-11H,7-8H2,(H,18,19)/t10-,11-/m1/s1. The van der Waals surface area contributed by atoms with Crippen molar-refractivity contribution in [2.24, 2.45) is 4.99 Å². The molecular formula is C13H13Cl3N2O3S. The fourth-order valence-corrected chi connectivity index (χ4v) is 4.08. The Kier molecular flexibility index (Phi) is 5.37. The van der Waals surface area contributed by atoms with Gasteiger partial charge in [-0.05, 0) is 5.56 Å². The van der Waals surface area contributed by atoms with Crippen LogP contribution >= 0.6 is 34.8 Å². The topological polar surface area (TPSA) is 75.6 Å². The van der Waals surface area contributed by atoms with Gasteiger partial charge in [0.1, 0.15) is 0 Å². The summed E-state index contributed by atoms with van der Waals surface area (Å²) >= 11 is 16.5. The smallest absolute Gasteiger partial charge is 0.272 e. The molecule has 1 fully saturated rings. The van der Waals surface area contributed by atoms with E-state index in [0.29, 0.717) is 0 Å². The van der Waals surface area contributed by atoms with Gasteiger partial charge in [-0.3, -0.25) is 9.79 Å². The quantitative estimate of drug-likeness (QED) is 0.638. The minimum absolute atomic E-state index is 0.152. The zero-order valence-electron chi connectivity index (χ0n) is 11.2. The summed E-state index contributed by atoms with van der Waals surface area (Å²) in [5.74, 6) is -1.24. The minimum atomic E-state index is -3.30. The van der Waals surface area contributed by atoms with Crippen LogP contribution in [0.5, 0.6) is 0 Å². The monoisotopic (exact) mass is 382 g/mol. The number of nitrogens with zero attached hydrogens (tertiary/aromatic N) is 1. The summed E-state index contributed by atoms with van der Waals surface area (Å²) < 4.78 is 21.4. The van der Waals surface area contributed by atoms with Crippen LogP contribution in [0.2, 0.25) is 0 Å². The first-order valence-corrected chi connectivity index (χ1v) is 9.29. The van der Waals surface area contributed by atoms with Gasteiger partial charge in [0.2, 0.25) is 0 Å². The molecule has 1 amide bonds. The molecule has 5 nitrogen and oxygen atoms in total. The van der Waals surface area contributed by atoms with Crippen LogP contribution in [0, 0.1) is 0 Å². The normalized spacial score (nSPS) is 24.5. The lowest BCUT2D eigenvalue weighted by Crippen LogP contribution is -2.46. The van der Waals surface area contributed by atoms with Crippen LogP contribution in [0.1, 0.15) is 5.56 Å². The predicted molar refractivity (Wildman–Crippen MR) is 88.7 cm³/mol. The van der Waals surface area contributed by atoms with Crippen molar-refractivity contribution in [2.45, 2.75) is 15.9 Å². The molecule has 0 aliphatic carbocycles. The van der Waals surface area contributed by atoms with E-state index in [4.69, 9.17) is 34.8 Å². The average molecular weight is 384 g/mol. The van der Waals surface area contributed by atoms with Crippen LogP contribution in [0.4, 0.5) is 0 Å². The molecule has 0 saturated carbocycles. The van der Waals surface area contributed by atoms with Crippen LogP contribution in [-0.2, 0) is 14.6 Å². The van der Waals surface area contributed by atoms with E-state index in [0.717, 1.165) is 5.56 Å². The molecule has 1 aromatic carbocycles. The Bertz CT molecular complexity index is 672. The van der Waals surface area contributed by atoms with Crippen LogP contribution in [0.15, 0.2) is 35.3 Å². The summed E-state index contributed by atoms with van der Waals surface area (Å²) in [5, 5.41) is 2.43. The first kappa shape index (κ1) is 17.5. The molecule has 22 heavy (non-hydrogen) atoms. The second kappa shape index (κ2) is 6.74. The number of nitrogens with one attached hydrogen (secondary N) is 1. The van der Waals surface area contributed by atoms with E-state index in [1.165, 1.54) is 0 Å². The molecular weight excluding hydrogens is 371 g/mol. The summed E-state index contributed by atoms with van der Waals surface area (Å²) in [6.07, 6.45) is 1.57. The number of carbonyl (C=O) groups is 1. The number of alkyl halides is 3. The van der Waals surface area contributed by atoms with E-state index in [1.54, 1.807) is 6.21 Å². The molecule has 120 valence electrons. The maximum absolute atomic E-state index is 11.8. The molecule has 2 atom stereocenters. The molecule has 0 spiro atoms. The highest BCUT2D eigenvalue weighted by Gasteiger charge is 2.41. The second-order valence-corrected chi connectivity index (χ2v) is 9.35. The Morgan fingerprint density at radius 2 is 1.86 bits per heavy atom. The Balaban J connectivity index is 2.13. The number of carbonyl (C=O) groups excluding carboxylic acids is 1. The zero-order chi connectivity index (χ0) is 16.4. The zero-order valence-corrected chi connectivity index (χ0v) is 14.3. The average Bonchev–Trinajstić information content (AvgIpc) is 2.71. The summed E-state index contributed by atoms with van der Waals surface area (Å²) in [6, 6.07) is 7.89. The highest BCUT2D eigenvalue weighted by atomic mass is 35.6. The number of halogens is 3. The van der Waals surface area contributed by atoms with Crippen molar-refractivity contribution in [2.75, 3.05) is 11.5 Å². The summed E-state index contributed by atoms with van der Waals surface area (Å²) in [7, 11) is -3.30. The van der Waals surface area contributed by atoms with Gasteiger partial charge < -0.3 is 5.32 Å². The van der Waals surface area contributed by atoms with Gasteiger partial charge in [0.15, 0.2) is 9.84 Å². The molecule has 0 radical (unpaired) electrons. The number of aliphatic imine (C=N–C) groups is 1. The maximum Gasteiger partial charge on any atom is 0.272 e. The van der Waals surface area contributed by atoms with Crippen molar-refractivity contribution < 1.29 is 13.2 Å². The van der Waals surface area contributed by atoms with Crippen molar-refractivity contribution >= 4 is 56.8 Å². The van der Waals surface area contributed by atoms with Crippen LogP contribution in [0.3, 0.4) is 0 Å². The van der Waals surface area contributed by atoms with Gasteiger partial charge in [-0.25, -0.2) is 8.42 Å². The molecule has 9 heteroatoms. The molecule has 0 aromatic heterocycles. The first-order chi connectivity index (χ1) is 10.2. The highest BCUT2D eigenvalue weighted by molar-refractivity contribution is 7.91. The Morgan fingerprint density at radius 1 is 1.23 bits per heavy atom. The van der Waals surface area contributed by atoms with E-state index in [-0.39, 0.29) is 11.5 Å². The van der Waals surface area contributed by atoms with Crippen LogP contribution in [-0.4, -0.2) is 47.9 Å². The molecule has 1 saturated heterocycles. The molecule has 1 heterocycles. The third-order valence-corrected chi connectivity index (χ3v) is 5.34. The van der Waals surface area contributed by atoms with Crippen molar-refractivity contribution in [3.63, 3.8) is 0 Å². The largest absolute Gasteiger partial charge is 0.346 e. The SMILES string of the molecule is O=C(N[C@@H]1CS(=O)(=O)C[C@H]1N=Cc1ccccc1)C(Cl)(Cl)Cl. The van der Waals surface area contributed by atoms with Crippen molar-refractivity contribution in [1.82, 2.24) is 5.32 Å². The number of hydrogen-bond donors (Lipinski definition) is 1. The number of sulfone groups is 1. The number of amides is 1. The number of benzene rings is 1. The lowest BCUT2D eigenvalue weighted by molar-refractivity contribution is -0.120. The minimum Gasteiger partial charge on any atom is -0.346 e. The molecule has 1 aromatic rings. The fraction of sp³-hybridized carbons (Fsp3) is 0.385. The number of rotatable bonds is 3. The lowest BCUT2D eigenvalue weighted by Gasteiger charge is -2.19. The van der Waals surface area contributed by atoms with E-state index in [9.17, 15) is 13.2 Å². The van der Waals surface area contributed by atoms with Gasteiger partial charge in [-0.15, -0.1) is 0 Å². The first-order valence-electron chi connectivity index (χ1n) is 6.34. The van der Waals surface area contributed by atoms with Gasteiger partial charge in [-0.1, -0.05) is 65.1 Å².